The molecule has 6 nitrogen and oxygen atoms in total. The lowest BCUT2D eigenvalue weighted by Gasteiger charge is -2.31. The van der Waals surface area contributed by atoms with Crippen molar-refractivity contribution in [3.8, 4) is 5.75 Å². The van der Waals surface area contributed by atoms with Crippen LogP contribution in [0.4, 0.5) is 0 Å². The molecule has 3 unspecified atom stereocenters. The van der Waals surface area contributed by atoms with Gasteiger partial charge in [0.1, 0.15) is 17.3 Å². The molecule has 1 aromatic rings. The summed E-state index contributed by atoms with van der Waals surface area (Å²) in [6, 6.07) is 3.51. The summed E-state index contributed by atoms with van der Waals surface area (Å²) in [6.07, 6.45) is 4.42. The summed E-state index contributed by atoms with van der Waals surface area (Å²) in [5, 5.41) is 29.7. The van der Waals surface area contributed by atoms with Crippen LogP contribution in [0.25, 0.3) is 0 Å². The van der Waals surface area contributed by atoms with Crippen LogP contribution in [0.2, 0.25) is 0 Å². The summed E-state index contributed by atoms with van der Waals surface area (Å²) in [7, 11) is 0. The molecular weight excluding hydrogens is 408 g/mol. The fourth-order valence-corrected chi connectivity index (χ4v) is 5.02. The second kappa shape index (κ2) is 12.3. The van der Waals surface area contributed by atoms with Gasteiger partial charge in [-0.15, -0.1) is 0 Å². The molecule has 6 heteroatoms. The van der Waals surface area contributed by atoms with Crippen molar-refractivity contribution in [2.45, 2.75) is 72.1 Å². The Bertz CT molecular complexity index is 813. The Labute approximate surface area is 191 Å². The van der Waals surface area contributed by atoms with E-state index < -0.39 is 5.92 Å². The summed E-state index contributed by atoms with van der Waals surface area (Å²) in [5.41, 5.74) is 2.41. The molecule has 3 N–H and O–H groups in total. The van der Waals surface area contributed by atoms with Crippen molar-refractivity contribution >= 4 is 17.3 Å². The van der Waals surface area contributed by atoms with Gasteiger partial charge in [-0.25, -0.2) is 0 Å². The predicted molar refractivity (Wildman–Crippen MR) is 123 cm³/mol. The van der Waals surface area contributed by atoms with Gasteiger partial charge in [0, 0.05) is 18.9 Å². The largest absolute Gasteiger partial charge is 0.507 e. The highest BCUT2D eigenvalue weighted by atomic mass is 16.3. The van der Waals surface area contributed by atoms with Crippen LogP contribution < -0.4 is 0 Å². The van der Waals surface area contributed by atoms with E-state index in [9.17, 15) is 29.7 Å². The lowest BCUT2D eigenvalue weighted by Crippen LogP contribution is -2.32. The van der Waals surface area contributed by atoms with E-state index in [0.717, 1.165) is 30.4 Å². The van der Waals surface area contributed by atoms with E-state index in [-0.39, 0.29) is 61.0 Å². The Morgan fingerprint density at radius 2 is 1.84 bits per heavy atom. The number of phenolic OH excluding ortho intramolecular Hbond substituents is 1. The van der Waals surface area contributed by atoms with Crippen molar-refractivity contribution in [3.05, 3.63) is 28.8 Å². The zero-order chi connectivity index (χ0) is 23.8. The first-order chi connectivity index (χ1) is 15.2. The van der Waals surface area contributed by atoms with Gasteiger partial charge in [0.2, 0.25) is 0 Å². The second-order valence-electron chi connectivity index (χ2n) is 9.72. The van der Waals surface area contributed by atoms with Gasteiger partial charge in [-0.1, -0.05) is 26.3 Å². The number of hydrogen-bond acceptors (Lipinski definition) is 6. The van der Waals surface area contributed by atoms with Crippen molar-refractivity contribution in [1.82, 2.24) is 0 Å². The Balaban J connectivity index is 2.24. The summed E-state index contributed by atoms with van der Waals surface area (Å²) in [6.45, 7) is 5.19. The van der Waals surface area contributed by atoms with Crippen molar-refractivity contribution in [3.63, 3.8) is 0 Å². The van der Waals surface area contributed by atoms with Gasteiger partial charge in [-0.05, 0) is 74.0 Å². The van der Waals surface area contributed by atoms with Gasteiger partial charge < -0.3 is 15.3 Å². The number of hydrogen-bond donors (Lipinski definition) is 3. The third-order valence-electron chi connectivity index (χ3n) is 6.60. The first kappa shape index (κ1) is 26.2. The van der Waals surface area contributed by atoms with E-state index in [2.05, 4.69) is 13.8 Å². The highest BCUT2D eigenvalue weighted by Gasteiger charge is 2.34. The van der Waals surface area contributed by atoms with Crippen LogP contribution in [0.15, 0.2) is 12.1 Å². The maximum atomic E-state index is 12.9. The van der Waals surface area contributed by atoms with Crippen LogP contribution in [-0.2, 0) is 22.4 Å². The minimum Gasteiger partial charge on any atom is -0.507 e. The van der Waals surface area contributed by atoms with Gasteiger partial charge in [0.05, 0.1) is 18.6 Å². The van der Waals surface area contributed by atoms with Crippen LogP contribution in [0.3, 0.4) is 0 Å². The molecule has 1 aliphatic carbocycles. The monoisotopic (exact) mass is 446 g/mol. The van der Waals surface area contributed by atoms with Gasteiger partial charge in [-0.3, -0.25) is 14.4 Å². The molecule has 1 aliphatic rings. The van der Waals surface area contributed by atoms with Gasteiger partial charge in [0.15, 0.2) is 5.78 Å². The average molecular weight is 447 g/mol. The molecule has 0 spiro atoms. The van der Waals surface area contributed by atoms with E-state index in [1.165, 1.54) is 6.92 Å². The van der Waals surface area contributed by atoms with Crippen LogP contribution >= 0.6 is 0 Å². The molecule has 0 radical (unpaired) electrons. The van der Waals surface area contributed by atoms with E-state index >= 15 is 0 Å². The van der Waals surface area contributed by atoms with E-state index in [0.29, 0.717) is 30.7 Å². The third kappa shape index (κ3) is 6.97. The van der Waals surface area contributed by atoms with Crippen LogP contribution in [0, 0.1) is 23.7 Å². The molecule has 32 heavy (non-hydrogen) atoms. The predicted octanol–water partition coefficient (Wildman–Crippen LogP) is 3.66. The molecule has 0 bridgehead atoms. The SMILES string of the molecule is CC(=O)CC(=O)C(CO)C(CCO)CC1CC(=O)c2c(O)ccc(CCCC(C)C)c2C1. The zero-order valence-electron chi connectivity index (χ0n) is 19.6. The fourth-order valence-electron chi connectivity index (χ4n) is 5.02. The molecule has 0 saturated heterocycles. The number of rotatable bonds is 13. The van der Waals surface area contributed by atoms with E-state index in [1.54, 1.807) is 6.07 Å². The summed E-state index contributed by atoms with van der Waals surface area (Å²) in [4.78, 5) is 36.9. The number of carbonyl (C=O) groups excluding carboxylic acids is 3. The quantitative estimate of drug-likeness (QED) is 0.399. The Morgan fingerprint density at radius 3 is 2.44 bits per heavy atom. The summed E-state index contributed by atoms with van der Waals surface area (Å²) < 4.78 is 0. The molecule has 0 aliphatic heterocycles. The highest BCUT2D eigenvalue weighted by molar-refractivity contribution is 6.01. The number of carbonyl (C=O) groups is 3. The lowest BCUT2D eigenvalue weighted by molar-refractivity contribution is -0.131. The Kier molecular flexibility index (Phi) is 10.0. The minimum absolute atomic E-state index is 0.0211. The molecule has 3 atom stereocenters. The number of aryl methyl sites for hydroxylation is 1. The van der Waals surface area contributed by atoms with Gasteiger partial charge >= 0.3 is 0 Å². The van der Waals surface area contributed by atoms with Crippen LogP contribution in [-0.4, -0.2) is 45.9 Å². The molecule has 178 valence electrons. The maximum Gasteiger partial charge on any atom is 0.167 e. The standard InChI is InChI=1S/C26H38O6/c1-16(2)5-4-6-19-7-8-23(30)26-21(19)13-18(14-25(26)32)12-20(9-10-27)22(15-28)24(31)11-17(3)29/h7-8,16,18,20,22,27-28,30H,4-6,9-15H2,1-3H3. The fraction of sp³-hybridized carbons (Fsp3) is 0.654. The van der Waals surface area contributed by atoms with Gasteiger partial charge in [0.25, 0.3) is 0 Å². The number of phenols is 1. The van der Waals surface area contributed by atoms with Crippen molar-refractivity contribution in [2.75, 3.05) is 13.2 Å². The highest BCUT2D eigenvalue weighted by Crippen LogP contribution is 2.38. The number of benzene rings is 1. The Hall–Kier alpha value is -2.05. The third-order valence-corrected chi connectivity index (χ3v) is 6.60. The average Bonchev–Trinajstić information content (AvgIpc) is 2.69. The number of aromatic hydroxyl groups is 1. The van der Waals surface area contributed by atoms with Crippen molar-refractivity contribution in [2.24, 2.45) is 23.7 Å². The molecule has 0 fully saturated rings. The smallest absolute Gasteiger partial charge is 0.167 e. The zero-order valence-corrected chi connectivity index (χ0v) is 19.6. The van der Waals surface area contributed by atoms with E-state index in [1.807, 2.05) is 6.07 Å². The van der Waals surface area contributed by atoms with E-state index in [4.69, 9.17) is 0 Å². The van der Waals surface area contributed by atoms with Crippen molar-refractivity contribution < 1.29 is 29.7 Å². The number of fused-ring (bicyclic) bond motifs is 1. The lowest BCUT2D eigenvalue weighted by atomic mass is 9.72. The number of aliphatic hydroxyl groups is 2. The number of ketones is 3. The van der Waals surface area contributed by atoms with Crippen LogP contribution in [0.1, 0.15) is 80.8 Å². The number of aliphatic hydroxyl groups excluding tert-OH is 2. The first-order valence-electron chi connectivity index (χ1n) is 11.8. The minimum atomic E-state index is -0.725. The van der Waals surface area contributed by atoms with Gasteiger partial charge in [-0.2, -0.15) is 0 Å². The van der Waals surface area contributed by atoms with Crippen LogP contribution in [0.5, 0.6) is 5.75 Å². The first-order valence-corrected chi connectivity index (χ1v) is 11.8. The normalized spacial score (nSPS) is 17.8. The molecular formula is C26H38O6. The summed E-state index contributed by atoms with van der Waals surface area (Å²) in [5.74, 6) is -1.12. The summed E-state index contributed by atoms with van der Waals surface area (Å²) >= 11 is 0. The number of Topliss-reactive ketones (excluding diaryl/α,β-unsaturated/α-hetero) is 3. The molecule has 0 amide bonds. The molecule has 1 aromatic carbocycles. The Morgan fingerprint density at radius 1 is 1.12 bits per heavy atom. The molecule has 2 rings (SSSR count). The molecule has 0 saturated carbocycles. The second-order valence-corrected chi connectivity index (χ2v) is 9.72. The maximum absolute atomic E-state index is 12.9. The van der Waals surface area contributed by atoms with Crippen molar-refractivity contribution in [1.29, 1.82) is 0 Å². The topological polar surface area (TPSA) is 112 Å². The molecule has 0 aromatic heterocycles. The molecule has 0 heterocycles.